The number of nitrogens with one attached hydrogen (secondary N) is 1. The van der Waals surface area contributed by atoms with Crippen LogP contribution >= 0.6 is 0 Å². The lowest BCUT2D eigenvalue weighted by Crippen LogP contribution is -2.35. The molecule has 3 aromatic rings. The van der Waals surface area contributed by atoms with Gasteiger partial charge in [0.05, 0.1) is 16.2 Å². The maximum absolute atomic E-state index is 13.2. The van der Waals surface area contributed by atoms with Crippen molar-refractivity contribution in [3.05, 3.63) is 53.3 Å². The van der Waals surface area contributed by atoms with Crippen molar-refractivity contribution in [3.8, 4) is 22.5 Å². The number of halogens is 3. The average Bonchev–Trinajstić information content (AvgIpc) is 3.52. The molecular weight excluding hydrogens is 525 g/mol. The van der Waals surface area contributed by atoms with Crippen LogP contribution < -0.4 is 0 Å². The number of benzene rings is 1. The van der Waals surface area contributed by atoms with E-state index in [0.717, 1.165) is 47.2 Å². The van der Waals surface area contributed by atoms with Crippen LogP contribution in [0.1, 0.15) is 41.4 Å². The number of rotatable bonds is 5. The summed E-state index contributed by atoms with van der Waals surface area (Å²) in [6, 6.07) is 9.32. The predicted molar refractivity (Wildman–Crippen MR) is 131 cm³/mol. The lowest BCUT2D eigenvalue weighted by molar-refractivity contribution is -0.192. The van der Waals surface area contributed by atoms with Gasteiger partial charge in [0, 0.05) is 30.7 Å². The summed E-state index contributed by atoms with van der Waals surface area (Å²) in [7, 11) is -3.58. The summed E-state index contributed by atoms with van der Waals surface area (Å²) in [4.78, 5) is 28.4. The van der Waals surface area contributed by atoms with Gasteiger partial charge in [0.1, 0.15) is 5.69 Å². The first-order valence-corrected chi connectivity index (χ1v) is 13.5. The van der Waals surface area contributed by atoms with Gasteiger partial charge in [-0.05, 0) is 79.6 Å². The molecule has 0 unspecified atom stereocenters. The molecule has 0 radical (unpaired) electrons. The minimum Gasteiger partial charge on any atom is -0.475 e. The summed E-state index contributed by atoms with van der Waals surface area (Å²) >= 11 is 0. The van der Waals surface area contributed by atoms with Crippen molar-refractivity contribution < 1.29 is 36.3 Å². The van der Waals surface area contributed by atoms with Crippen molar-refractivity contribution in [2.24, 2.45) is 5.92 Å². The van der Waals surface area contributed by atoms with Gasteiger partial charge in [-0.25, -0.2) is 13.2 Å². The Hall–Kier alpha value is -3.74. The van der Waals surface area contributed by atoms with E-state index in [9.17, 15) is 26.4 Å². The lowest BCUT2D eigenvalue weighted by Gasteiger charge is -2.24. The maximum Gasteiger partial charge on any atom is 0.490 e. The van der Waals surface area contributed by atoms with E-state index in [-0.39, 0.29) is 16.8 Å². The number of carboxylic acid groups (broad SMARTS) is 1. The molecule has 0 spiro atoms. The van der Waals surface area contributed by atoms with Gasteiger partial charge < -0.3 is 10.0 Å². The molecule has 3 heterocycles. The molecule has 1 atom stereocenters. The van der Waals surface area contributed by atoms with Gasteiger partial charge in [-0.15, -0.1) is 0 Å². The number of sulfone groups is 1. The summed E-state index contributed by atoms with van der Waals surface area (Å²) < 4.78 is 57.0. The summed E-state index contributed by atoms with van der Waals surface area (Å²) in [6.45, 7) is 4.42. The number of H-pyrrole nitrogens is 1. The van der Waals surface area contributed by atoms with Gasteiger partial charge in [0.15, 0.2) is 9.84 Å². The van der Waals surface area contributed by atoms with E-state index < -0.39 is 22.0 Å². The highest BCUT2D eigenvalue weighted by Gasteiger charge is 2.41. The standard InChI is InChI=1S/C23H24N4O3S.C2HF3O2/c1-13-8-20(26-25-13)19-10-16(6-7-24-19)17-9-18-12-27(14(2)15-4-5-15)23(28)22(18)21(11-17)31(3,29)30;3-2(4,5)1(6)7/h6-11,14-15H,4-5,12H2,1-3H3,(H,25,26);(H,6,7)/t14-;/m0./s1. The number of pyridine rings is 1. The number of aromatic amines is 1. The fraction of sp³-hybridized carbons (Fsp3) is 0.360. The fourth-order valence-electron chi connectivity index (χ4n) is 4.36. The number of hydrogen-bond donors (Lipinski definition) is 2. The van der Waals surface area contributed by atoms with Crippen molar-refractivity contribution in [2.45, 2.75) is 50.3 Å². The zero-order valence-corrected chi connectivity index (χ0v) is 21.5. The van der Waals surface area contributed by atoms with Crippen molar-refractivity contribution in [1.29, 1.82) is 0 Å². The number of carboxylic acids is 1. The lowest BCUT2D eigenvalue weighted by atomic mass is 10.00. The van der Waals surface area contributed by atoms with Crippen LogP contribution in [-0.4, -0.2) is 64.0 Å². The zero-order valence-electron chi connectivity index (χ0n) is 20.7. The van der Waals surface area contributed by atoms with E-state index in [1.807, 2.05) is 36.1 Å². The van der Waals surface area contributed by atoms with Gasteiger partial charge in [0.2, 0.25) is 0 Å². The third-order valence-electron chi connectivity index (χ3n) is 6.50. The molecule has 1 fully saturated rings. The van der Waals surface area contributed by atoms with Crippen molar-refractivity contribution in [1.82, 2.24) is 20.1 Å². The van der Waals surface area contributed by atoms with Crippen molar-refractivity contribution in [2.75, 3.05) is 6.26 Å². The van der Waals surface area contributed by atoms with Gasteiger partial charge in [0.25, 0.3) is 5.91 Å². The molecule has 1 amide bonds. The number of carbonyl (C=O) groups is 2. The molecule has 0 saturated heterocycles. The van der Waals surface area contributed by atoms with E-state index in [2.05, 4.69) is 22.1 Å². The molecule has 1 aromatic carbocycles. The molecule has 1 aliphatic carbocycles. The van der Waals surface area contributed by atoms with Crippen LogP contribution in [0.3, 0.4) is 0 Å². The highest BCUT2D eigenvalue weighted by Crippen LogP contribution is 2.41. The normalized spacial score (nSPS) is 16.1. The Morgan fingerprint density at radius 1 is 1.16 bits per heavy atom. The van der Waals surface area contributed by atoms with Crippen molar-refractivity contribution in [3.63, 3.8) is 0 Å². The molecule has 9 nitrogen and oxygen atoms in total. The Morgan fingerprint density at radius 3 is 2.34 bits per heavy atom. The molecule has 2 N–H and O–H groups in total. The summed E-state index contributed by atoms with van der Waals surface area (Å²) in [5, 5.41) is 14.3. The number of aliphatic carboxylic acids is 1. The van der Waals surface area contributed by atoms with E-state index in [4.69, 9.17) is 9.90 Å². The molecule has 1 aliphatic heterocycles. The quantitative estimate of drug-likeness (QED) is 0.486. The SMILES string of the molecule is Cc1cc(-c2cc(-c3cc4c(c(S(C)(=O)=O)c3)C(=O)N([C@@H](C)C3CC3)C4)ccn2)n[nH]1.O=C(O)C(F)(F)F. The van der Waals surface area contributed by atoms with Gasteiger partial charge in [-0.1, -0.05) is 0 Å². The van der Waals surface area contributed by atoms with Crippen LogP contribution in [0, 0.1) is 12.8 Å². The van der Waals surface area contributed by atoms with Gasteiger partial charge in [-0.3, -0.25) is 14.9 Å². The van der Waals surface area contributed by atoms with Crippen molar-refractivity contribution >= 4 is 21.7 Å². The first-order chi connectivity index (χ1) is 17.7. The Morgan fingerprint density at radius 2 is 1.82 bits per heavy atom. The zero-order chi connectivity index (χ0) is 28.0. The minimum absolute atomic E-state index is 0.101. The molecule has 202 valence electrons. The highest BCUT2D eigenvalue weighted by molar-refractivity contribution is 7.90. The molecular formula is C25H25F3N4O5S. The number of aromatic nitrogens is 3. The minimum atomic E-state index is -5.08. The smallest absolute Gasteiger partial charge is 0.475 e. The van der Waals surface area contributed by atoms with Crippen LogP contribution in [0.15, 0.2) is 41.4 Å². The maximum atomic E-state index is 13.2. The van der Waals surface area contributed by atoms with Crippen LogP contribution in [0.2, 0.25) is 0 Å². The number of fused-ring (bicyclic) bond motifs is 1. The molecule has 13 heteroatoms. The molecule has 5 rings (SSSR count). The van der Waals surface area contributed by atoms with Gasteiger partial charge >= 0.3 is 12.1 Å². The first kappa shape index (κ1) is 27.3. The number of aryl methyl sites for hydroxylation is 1. The number of alkyl halides is 3. The largest absolute Gasteiger partial charge is 0.490 e. The third kappa shape index (κ3) is 5.72. The summed E-state index contributed by atoms with van der Waals surface area (Å²) in [5.74, 6) is -2.42. The van der Waals surface area contributed by atoms with E-state index in [1.165, 1.54) is 0 Å². The van der Waals surface area contributed by atoms with Crippen LogP contribution in [0.25, 0.3) is 22.5 Å². The Bertz CT molecular complexity index is 1510. The number of hydrogen-bond acceptors (Lipinski definition) is 6. The van der Waals surface area contributed by atoms with Crippen LogP contribution in [0.5, 0.6) is 0 Å². The Labute approximate surface area is 216 Å². The second-order valence-electron chi connectivity index (χ2n) is 9.46. The average molecular weight is 551 g/mol. The molecule has 1 saturated carbocycles. The number of amides is 1. The first-order valence-electron chi connectivity index (χ1n) is 11.6. The molecule has 0 bridgehead atoms. The monoisotopic (exact) mass is 550 g/mol. The van der Waals surface area contributed by atoms with E-state index in [0.29, 0.717) is 23.7 Å². The molecule has 38 heavy (non-hydrogen) atoms. The predicted octanol–water partition coefficient (Wildman–Crippen LogP) is 4.24. The highest BCUT2D eigenvalue weighted by atomic mass is 32.2. The molecule has 2 aromatic heterocycles. The fourth-order valence-corrected chi connectivity index (χ4v) is 5.29. The second-order valence-corrected chi connectivity index (χ2v) is 11.4. The number of nitrogens with zero attached hydrogens (tertiary/aromatic N) is 3. The van der Waals surface area contributed by atoms with Crippen LogP contribution in [0.4, 0.5) is 13.2 Å². The second kappa shape index (κ2) is 9.86. The Balaban J connectivity index is 0.000000426. The molecule has 2 aliphatic rings. The Kier molecular flexibility index (Phi) is 7.08. The summed E-state index contributed by atoms with van der Waals surface area (Å²) in [5.41, 5.74) is 5.04. The van der Waals surface area contributed by atoms with Crippen LogP contribution in [-0.2, 0) is 21.2 Å². The number of carbonyl (C=O) groups excluding carboxylic acids is 1. The summed E-state index contributed by atoms with van der Waals surface area (Å²) in [6.07, 6.45) is 0.0155. The topological polar surface area (TPSA) is 133 Å². The van der Waals surface area contributed by atoms with E-state index >= 15 is 0 Å². The third-order valence-corrected chi connectivity index (χ3v) is 7.62. The van der Waals surface area contributed by atoms with Gasteiger partial charge in [-0.2, -0.15) is 18.3 Å². The van der Waals surface area contributed by atoms with E-state index in [1.54, 1.807) is 12.3 Å².